The van der Waals surface area contributed by atoms with Gasteiger partial charge in [0.15, 0.2) is 37.7 Å². The van der Waals surface area contributed by atoms with Gasteiger partial charge in [0.25, 0.3) is 0 Å². The molecule has 6 fully saturated rings. The number of quaternary nitrogens is 6. The summed E-state index contributed by atoms with van der Waals surface area (Å²) in [5, 5.41) is 305. The van der Waals surface area contributed by atoms with E-state index in [1.54, 1.807) is 0 Å². The minimum Gasteiger partial charge on any atom is -0.609 e. The summed E-state index contributed by atoms with van der Waals surface area (Å²) in [6.07, 6.45) is -34.5. The molecule has 636 valence electrons. The smallest absolute Gasteiger partial charge is 0.361 e. The third-order valence-corrected chi connectivity index (χ3v) is 16.0. The van der Waals surface area contributed by atoms with E-state index in [1.165, 1.54) is 42.3 Å². The van der Waals surface area contributed by atoms with E-state index in [0.717, 1.165) is 0 Å². The van der Waals surface area contributed by atoms with Gasteiger partial charge >= 0.3 is 36.2 Å². The van der Waals surface area contributed by atoms with E-state index in [1.807, 2.05) is 0 Å². The molecular weight excluding hydrogens is 1500 g/mol. The highest BCUT2D eigenvalue weighted by molar-refractivity contribution is 5.75. The average Bonchev–Trinajstić information content (AvgIpc) is 0.852. The Morgan fingerprint density at radius 2 is 0.343 bits per heavy atom. The van der Waals surface area contributed by atoms with Crippen LogP contribution in [0.5, 0.6) is 0 Å². The van der Waals surface area contributed by atoms with E-state index in [9.17, 15) is 152 Å². The van der Waals surface area contributed by atoms with Crippen molar-refractivity contribution < 1.29 is 213 Å². The Morgan fingerprint density at radius 1 is 0.241 bits per heavy atom. The highest BCUT2D eigenvalue weighted by Crippen LogP contribution is 2.25. The highest BCUT2D eigenvalue weighted by Gasteiger charge is 2.50. The molecule has 6 saturated heterocycles. The first-order chi connectivity index (χ1) is 50.5. The number of aliphatic hydroxyl groups excluding tert-OH is 24. The number of nitrogens with one attached hydrogen (secondary N) is 6. The van der Waals surface area contributed by atoms with Gasteiger partial charge in [-0.15, -0.1) is 0 Å². The van der Waals surface area contributed by atoms with Crippen molar-refractivity contribution in [3.63, 3.8) is 0 Å². The third-order valence-electron chi connectivity index (χ3n) is 16.0. The van der Waals surface area contributed by atoms with Crippen molar-refractivity contribution in [2.24, 2.45) is 0 Å². The lowest BCUT2D eigenvalue weighted by Gasteiger charge is -2.40. The fourth-order valence-corrected chi connectivity index (χ4v) is 9.27. The predicted molar refractivity (Wildman–Crippen MR) is 332 cm³/mol. The minimum absolute atomic E-state index is 0.241. The van der Waals surface area contributed by atoms with Crippen LogP contribution in [0, 0.1) is 31.2 Å². The monoisotopic (exact) mass is 1600 g/mol. The maximum atomic E-state index is 11.4. The summed E-state index contributed by atoms with van der Waals surface area (Å²) in [5.74, 6) is 0. The summed E-state index contributed by atoms with van der Waals surface area (Å²) >= 11 is 0. The van der Waals surface area contributed by atoms with Gasteiger partial charge in [0.05, 0.1) is 81.9 Å². The van der Waals surface area contributed by atoms with E-state index in [0.29, 0.717) is 30.1 Å². The molecule has 0 aromatic heterocycles. The van der Waals surface area contributed by atoms with Gasteiger partial charge in [-0.2, -0.15) is 30.1 Å². The van der Waals surface area contributed by atoms with Crippen molar-refractivity contribution in [1.82, 2.24) is 62.0 Å². The predicted octanol–water partition coefficient (Wildman–Crippen LogP) is -27.6. The summed E-state index contributed by atoms with van der Waals surface area (Å²) in [6, 6.07) is -13.1. The quantitative estimate of drug-likeness (QED) is 0.0344. The Balaban J connectivity index is 0.000000648. The summed E-state index contributed by atoms with van der Waals surface area (Å²) in [7, 11) is 7.07. The number of amides is 12. The second-order valence-corrected chi connectivity index (χ2v) is 23.5. The van der Waals surface area contributed by atoms with Gasteiger partial charge in [-0.3, -0.25) is 33.5 Å². The van der Waals surface area contributed by atoms with Gasteiger partial charge in [0, 0.05) is 0 Å². The third kappa shape index (κ3) is 28.3. The van der Waals surface area contributed by atoms with Crippen LogP contribution in [-0.4, -0.2) is 455 Å². The lowest BCUT2D eigenvalue weighted by atomic mass is 9.97. The molecule has 0 aromatic rings. The maximum absolute atomic E-state index is 11.4. The highest BCUT2D eigenvalue weighted by atomic mass is 16.7. The molecule has 12 amide bonds. The molecular formula is C48H102N18O42. The van der Waals surface area contributed by atoms with Crippen LogP contribution in [-0.2, 0) is 28.4 Å². The number of nitrogens with two attached hydrogens (primary N) is 6. The van der Waals surface area contributed by atoms with Crippen LogP contribution in [0.25, 0.3) is 0 Å². The van der Waals surface area contributed by atoms with Crippen molar-refractivity contribution in [3.8, 4) is 0 Å². The zero-order valence-electron chi connectivity index (χ0n) is 57.8. The fourth-order valence-electron chi connectivity index (χ4n) is 9.27. The van der Waals surface area contributed by atoms with Crippen molar-refractivity contribution >= 4 is 36.2 Å². The van der Waals surface area contributed by atoms with Crippen LogP contribution in [0.1, 0.15) is 0 Å². The molecule has 60 nitrogen and oxygen atoms in total. The minimum atomic E-state index is -1.61. The van der Waals surface area contributed by atoms with Crippen molar-refractivity contribution in [3.05, 3.63) is 31.2 Å². The zero-order chi connectivity index (χ0) is 83.2. The lowest BCUT2D eigenvalue weighted by molar-refractivity contribution is -0.726. The second-order valence-electron chi connectivity index (χ2n) is 23.5. The Bertz CT molecular complexity index is 2190. The van der Waals surface area contributed by atoms with E-state index in [4.69, 9.17) is 59.1 Å². The maximum Gasteiger partial charge on any atom is 0.361 e. The number of carbonyl (C=O) groups excluding carboxylic acids is 6. The van der Waals surface area contributed by atoms with Crippen LogP contribution in [0.4, 0.5) is 28.8 Å². The molecule has 42 N–H and O–H groups in total. The Labute approximate surface area is 607 Å². The van der Waals surface area contributed by atoms with Gasteiger partial charge in [0.1, 0.15) is 146 Å². The van der Waals surface area contributed by atoms with Crippen LogP contribution in [0.3, 0.4) is 0 Å². The summed E-state index contributed by atoms with van der Waals surface area (Å²) < 4.78 is 28.9. The normalized spacial score (nSPS) is 36.2. The van der Waals surface area contributed by atoms with Crippen LogP contribution < -0.4 is 65.4 Å². The van der Waals surface area contributed by atoms with Crippen molar-refractivity contribution in [2.75, 3.05) is 81.9 Å². The van der Waals surface area contributed by atoms with Crippen LogP contribution in [0.15, 0.2) is 0 Å². The lowest BCUT2D eigenvalue weighted by Crippen LogP contribution is -2.90. The number of hydrogen-bond donors (Lipinski definition) is 36. The number of hydrogen-bond acceptors (Lipinski definition) is 42. The summed E-state index contributed by atoms with van der Waals surface area (Å²) in [6.45, 7) is -3.56. The molecule has 0 bridgehead atoms. The van der Waals surface area contributed by atoms with Crippen LogP contribution in [0.2, 0.25) is 0 Å². The standard InChI is InChI=1S/6C8H17N3O7/c6*1-11(10-17)8(16)9-4-6(14)5(13)3(2-12)18-7(4)15/h6*3-7,12-15H,2,10H2,1H3,(H,9,16)/t6*3-,4-,5-,6-,7+/m111111/s1. The van der Waals surface area contributed by atoms with Gasteiger partial charge in [0.2, 0.25) is 0 Å². The largest absolute Gasteiger partial charge is 0.609 e. The molecule has 6 aliphatic heterocycles. The Morgan fingerprint density at radius 3 is 0.426 bits per heavy atom. The van der Waals surface area contributed by atoms with E-state index < -0.39 is 260 Å². The topological polar surface area (TPSA) is 973 Å². The molecule has 6 heterocycles. The van der Waals surface area contributed by atoms with Gasteiger partial charge in [-0.05, 0) is 0 Å². The average molecular weight is 1600 g/mol. The van der Waals surface area contributed by atoms with Gasteiger partial charge < -0.3 is 214 Å². The molecule has 108 heavy (non-hydrogen) atoms. The molecule has 0 saturated carbocycles. The van der Waals surface area contributed by atoms with E-state index in [2.05, 4.69) is 31.9 Å². The fraction of sp³-hybridized carbons (Fsp3) is 0.875. The van der Waals surface area contributed by atoms with Crippen molar-refractivity contribution in [1.29, 1.82) is 0 Å². The Hall–Kier alpha value is -6.06. The molecule has 0 aliphatic carbocycles. The molecule has 6 aliphatic rings. The van der Waals surface area contributed by atoms with Crippen molar-refractivity contribution in [2.45, 2.75) is 184 Å². The van der Waals surface area contributed by atoms with E-state index in [-0.39, 0.29) is 33.5 Å². The number of rotatable bonds is 18. The number of urea groups is 6. The summed E-state index contributed by atoms with van der Waals surface area (Å²) in [5.41, 5.74) is 1.44. The molecule has 0 spiro atoms. The second kappa shape index (κ2) is 48.7. The first kappa shape index (κ1) is 99.9. The first-order valence-electron chi connectivity index (χ1n) is 31.3. The number of ether oxygens (including phenoxy) is 6. The number of nitrogens with zero attached hydrogens (tertiary/aromatic N) is 6. The molecule has 60 heteroatoms. The first-order valence-corrected chi connectivity index (χ1v) is 31.3. The molecule has 0 radical (unpaired) electrons. The molecule has 0 aromatic carbocycles. The summed E-state index contributed by atoms with van der Waals surface area (Å²) in [4.78, 5) is 68.2. The number of carbonyl (C=O) groups is 6. The van der Waals surface area contributed by atoms with Gasteiger partial charge in [-0.25, -0.2) is 28.8 Å². The van der Waals surface area contributed by atoms with Gasteiger partial charge in [-0.1, -0.05) is 0 Å². The number of aliphatic hydroxyl groups is 24. The SMILES string of the molecule is CN([NH2+][O-])C(=O)N[C@@H]1[C@@H](O)[C@H](O)[C@@H](CO)O[C@@H]1O.CN([NH2+][O-])C(=O)N[C@@H]1[C@@H](O)[C@H](O)[C@@H](CO)O[C@@H]1O.CN([NH2+][O-])C(=O)N[C@@H]1[C@@H](O)[C@H](O)[C@@H](CO)O[C@@H]1O.CN([NH2+][O-])C(=O)N[C@@H]1[C@@H](O)[C@H](O)[C@@H](CO)O[C@@H]1O.CN([NH2+][O-])C(=O)N[C@@H]1[C@@H](O)[C@H](O)[C@@H](CO)O[C@@H]1O.CN([NH2+][O-])C(=O)N[C@@H]1[C@@H](O)[C@H](O)[C@@H](CO)O[C@@H]1O. The van der Waals surface area contributed by atoms with Crippen LogP contribution >= 0.6 is 0 Å². The molecule has 0 unspecified atom stereocenters. The Kier molecular flexibility index (Phi) is 45.0. The molecule has 30 atom stereocenters. The zero-order valence-corrected chi connectivity index (χ0v) is 57.8. The molecule has 6 rings (SSSR count). The van der Waals surface area contributed by atoms with E-state index >= 15 is 0 Å².